The van der Waals surface area contributed by atoms with Crippen LogP contribution in [0.3, 0.4) is 0 Å². The van der Waals surface area contributed by atoms with Crippen molar-refractivity contribution in [2.24, 2.45) is 0 Å². The standard InChI is InChI=1S/C10H9ClO3/c1-13-10(12)8-5-14-9-3-2-6(11)4-7(8)9/h2-4,8H,5H2,1H3/t8-/m0/s1. The molecule has 0 unspecified atom stereocenters. The predicted octanol–water partition coefficient (Wildman–Crippen LogP) is 1.99. The van der Waals surface area contributed by atoms with Crippen LogP contribution in [0.4, 0.5) is 0 Å². The fourth-order valence-corrected chi connectivity index (χ4v) is 1.70. The molecule has 0 aromatic heterocycles. The van der Waals surface area contributed by atoms with Gasteiger partial charge in [0, 0.05) is 10.6 Å². The number of hydrogen-bond acceptors (Lipinski definition) is 3. The fourth-order valence-electron chi connectivity index (χ4n) is 1.52. The molecule has 1 atom stereocenters. The van der Waals surface area contributed by atoms with Crippen molar-refractivity contribution in [2.75, 3.05) is 13.7 Å². The maximum atomic E-state index is 11.3. The van der Waals surface area contributed by atoms with E-state index in [1.54, 1.807) is 18.2 Å². The third-order valence-electron chi connectivity index (χ3n) is 2.24. The van der Waals surface area contributed by atoms with E-state index >= 15 is 0 Å². The van der Waals surface area contributed by atoms with Gasteiger partial charge in [0.1, 0.15) is 18.3 Å². The van der Waals surface area contributed by atoms with E-state index in [-0.39, 0.29) is 11.9 Å². The topological polar surface area (TPSA) is 35.5 Å². The Morgan fingerprint density at radius 1 is 1.64 bits per heavy atom. The van der Waals surface area contributed by atoms with Gasteiger partial charge in [-0.2, -0.15) is 0 Å². The highest BCUT2D eigenvalue weighted by Gasteiger charge is 2.31. The minimum Gasteiger partial charge on any atom is -0.492 e. The van der Waals surface area contributed by atoms with Crippen LogP contribution in [0.2, 0.25) is 5.02 Å². The number of carbonyl (C=O) groups excluding carboxylic acids is 1. The quantitative estimate of drug-likeness (QED) is 0.668. The number of carbonyl (C=O) groups is 1. The maximum absolute atomic E-state index is 11.3. The second-order valence-corrected chi connectivity index (χ2v) is 3.51. The second-order valence-electron chi connectivity index (χ2n) is 3.07. The first kappa shape index (κ1) is 9.34. The maximum Gasteiger partial charge on any atom is 0.316 e. The molecule has 1 aliphatic rings. The molecule has 0 fully saturated rings. The zero-order chi connectivity index (χ0) is 10.1. The van der Waals surface area contributed by atoms with Gasteiger partial charge in [0.15, 0.2) is 0 Å². The molecule has 0 spiro atoms. The van der Waals surface area contributed by atoms with Crippen molar-refractivity contribution in [1.82, 2.24) is 0 Å². The largest absolute Gasteiger partial charge is 0.492 e. The molecule has 0 saturated heterocycles. The molecule has 1 aromatic carbocycles. The summed E-state index contributed by atoms with van der Waals surface area (Å²) in [6.07, 6.45) is 0. The van der Waals surface area contributed by atoms with Gasteiger partial charge in [-0.05, 0) is 18.2 Å². The molecule has 4 heteroatoms. The Hall–Kier alpha value is -1.22. The van der Waals surface area contributed by atoms with Crippen LogP contribution in [0.15, 0.2) is 18.2 Å². The van der Waals surface area contributed by atoms with Crippen LogP contribution in [0.5, 0.6) is 5.75 Å². The van der Waals surface area contributed by atoms with E-state index in [0.29, 0.717) is 17.4 Å². The lowest BCUT2D eigenvalue weighted by Gasteiger charge is -2.05. The van der Waals surface area contributed by atoms with Crippen LogP contribution >= 0.6 is 11.6 Å². The van der Waals surface area contributed by atoms with Crippen molar-refractivity contribution in [1.29, 1.82) is 0 Å². The molecule has 0 aliphatic carbocycles. The number of benzene rings is 1. The van der Waals surface area contributed by atoms with E-state index in [4.69, 9.17) is 16.3 Å². The third-order valence-corrected chi connectivity index (χ3v) is 2.47. The molecule has 0 bridgehead atoms. The Bertz CT molecular complexity index is 376. The van der Waals surface area contributed by atoms with E-state index in [1.165, 1.54) is 7.11 Å². The van der Waals surface area contributed by atoms with Gasteiger partial charge in [-0.25, -0.2) is 0 Å². The van der Waals surface area contributed by atoms with Crippen LogP contribution in [-0.2, 0) is 9.53 Å². The number of rotatable bonds is 1. The normalized spacial score (nSPS) is 18.6. The summed E-state index contributed by atoms with van der Waals surface area (Å²) in [6, 6.07) is 5.24. The predicted molar refractivity (Wildman–Crippen MR) is 51.7 cm³/mol. The van der Waals surface area contributed by atoms with Crippen molar-refractivity contribution >= 4 is 17.6 Å². The van der Waals surface area contributed by atoms with Crippen LogP contribution in [-0.4, -0.2) is 19.7 Å². The molecular formula is C10H9ClO3. The van der Waals surface area contributed by atoms with E-state index < -0.39 is 0 Å². The first-order chi connectivity index (χ1) is 6.72. The molecular weight excluding hydrogens is 204 g/mol. The van der Waals surface area contributed by atoms with E-state index in [0.717, 1.165) is 5.56 Å². The van der Waals surface area contributed by atoms with Gasteiger partial charge in [-0.15, -0.1) is 0 Å². The lowest BCUT2D eigenvalue weighted by atomic mass is 10.0. The molecule has 1 aromatic rings. The Morgan fingerprint density at radius 2 is 2.43 bits per heavy atom. The zero-order valence-electron chi connectivity index (χ0n) is 7.62. The molecule has 1 aliphatic heterocycles. The molecule has 0 saturated carbocycles. The summed E-state index contributed by atoms with van der Waals surface area (Å²) >= 11 is 5.83. The van der Waals surface area contributed by atoms with E-state index in [1.807, 2.05) is 0 Å². The monoisotopic (exact) mass is 212 g/mol. The van der Waals surface area contributed by atoms with Gasteiger partial charge in [0.25, 0.3) is 0 Å². The first-order valence-corrected chi connectivity index (χ1v) is 4.60. The third kappa shape index (κ3) is 1.44. The summed E-state index contributed by atoms with van der Waals surface area (Å²) in [5.41, 5.74) is 0.810. The second kappa shape index (κ2) is 3.50. The van der Waals surface area contributed by atoms with Crippen molar-refractivity contribution in [3.8, 4) is 5.75 Å². The van der Waals surface area contributed by atoms with Crippen molar-refractivity contribution in [2.45, 2.75) is 5.92 Å². The summed E-state index contributed by atoms with van der Waals surface area (Å²) in [6.45, 7) is 0.336. The number of esters is 1. The minimum atomic E-state index is -0.339. The summed E-state index contributed by atoms with van der Waals surface area (Å²) < 4.78 is 10.00. The molecule has 1 heterocycles. The number of ether oxygens (including phenoxy) is 2. The lowest BCUT2D eigenvalue weighted by molar-refractivity contribution is -0.142. The molecule has 0 N–H and O–H groups in total. The summed E-state index contributed by atoms with van der Waals surface area (Å²) in [7, 11) is 1.37. The van der Waals surface area contributed by atoms with Gasteiger partial charge >= 0.3 is 5.97 Å². The van der Waals surface area contributed by atoms with Crippen molar-refractivity contribution in [3.63, 3.8) is 0 Å². The lowest BCUT2D eigenvalue weighted by Crippen LogP contribution is -2.15. The van der Waals surface area contributed by atoms with Gasteiger partial charge in [0.05, 0.1) is 7.11 Å². The number of methoxy groups -OCH3 is 1. The summed E-state index contributed by atoms with van der Waals surface area (Å²) in [5, 5.41) is 0.600. The minimum absolute atomic E-state index is 0.286. The Morgan fingerprint density at radius 3 is 3.14 bits per heavy atom. The highest BCUT2D eigenvalue weighted by Crippen LogP contribution is 2.36. The van der Waals surface area contributed by atoms with Crippen molar-refractivity contribution in [3.05, 3.63) is 28.8 Å². The van der Waals surface area contributed by atoms with Crippen LogP contribution < -0.4 is 4.74 Å². The van der Waals surface area contributed by atoms with Gasteiger partial charge in [-0.3, -0.25) is 4.79 Å². The zero-order valence-corrected chi connectivity index (χ0v) is 8.38. The van der Waals surface area contributed by atoms with Crippen LogP contribution in [0, 0.1) is 0 Å². The Labute approximate surface area is 86.6 Å². The molecule has 3 nitrogen and oxygen atoms in total. The Balaban J connectivity index is 2.38. The summed E-state index contributed by atoms with van der Waals surface area (Å²) in [4.78, 5) is 11.3. The molecule has 2 rings (SSSR count). The molecule has 0 radical (unpaired) electrons. The molecule has 74 valence electrons. The fraction of sp³-hybridized carbons (Fsp3) is 0.300. The summed E-state index contributed by atoms with van der Waals surface area (Å²) in [5.74, 6) is 0.0875. The van der Waals surface area contributed by atoms with E-state index in [9.17, 15) is 4.79 Å². The number of fused-ring (bicyclic) bond motifs is 1. The Kier molecular flexibility index (Phi) is 2.33. The first-order valence-electron chi connectivity index (χ1n) is 4.22. The molecule has 14 heavy (non-hydrogen) atoms. The van der Waals surface area contributed by atoms with Crippen molar-refractivity contribution < 1.29 is 14.3 Å². The van der Waals surface area contributed by atoms with Crippen LogP contribution in [0.1, 0.15) is 11.5 Å². The van der Waals surface area contributed by atoms with Gasteiger partial charge < -0.3 is 9.47 Å². The average Bonchev–Trinajstić information content (AvgIpc) is 2.59. The smallest absolute Gasteiger partial charge is 0.316 e. The number of halogens is 1. The molecule has 0 amide bonds. The van der Waals surface area contributed by atoms with Gasteiger partial charge in [-0.1, -0.05) is 11.6 Å². The van der Waals surface area contributed by atoms with E-state index in [2.05, 4.69) is 4.74 Å². The number of hydrogen-bond donors (Lipinski definition) is 0. The average molecular weight is 213 g/mol. The highest BCUT2D eigenvalue weighted by molar-refractivity contribution is 6.30. The van der Waals surface area contributed by atoms with Gasteiger partial charge in [0.2, 0.25) is 0 Å². The van der Waals surface area contributed by atoms with Crippen LogP contribution in [0.25, 0.3) is 0 Å². The SMILES string of the molecule is COC(=O)[C@H]1COc2ccc(Cl)cc21. The highest BCUT2D eigenvalue weighted by atomic mass is 35.5.